The van der Waals surface area contributed by atoms with Crippen LogP contribution >= 0.6 is 0 Å². The Morgan fingerprint density at radius 2 is 1.76 bits per heavy atom. The van der Waals surface area contributed by atoms with E-state index in [1.165, 1.54) is 5.56 Å². The number of hydrogen-bond donors (Lipinski definition) is 0. The smallest absolute Gasteiger partial charge is 0.310 e. The Morgan fingerprint density at radius 3 is 2.40 bits per heavy atom. The molecule has 134 valence electrons. The molecular weight excluding hydrogens is 314 g/mol. The lowest BCUT2D eigenvalue weighted by molar-refractivity contribution is -0.134. The van der Waals surface area contributed by atoms with E-state index in [2.05, 4.69) is 36.1 Å². The average Bonchev–Trinajstić information content (AvgIpc) is 3.12. The molecule has 0 N–H and O–H groups in total. The van der Waals surface area contributed by atoms with E-state index in [9.17, 15) is 9.59 Å². The molecule has 0 spiro atoms. The molecule has 3 heterocycles. The van der Waals surface area contributed by atoms with Crippen LogP contribution in [0, 0.1) is 0 Å². The van der Waals surface area contributed by atoms with Gasteiger partial charge in [-0.25, -0.2) is 4.79 Å². The lowest BCUT2D eigenvalue weighted by atomic mass is 9.96. The third-order valence-electron chi connectivity index (χ3n) is 6.45. The van der Waals surface area contributed by atoms with Crippen molar-refractivity contribution in [3.63, 3.8) is 0 Å². The van der Waals surface area contributed by atoms with Crippen LogP contribution in [0.3, 0.4) is 0 Å². The van der Waals surface area contributed by atoms with Gasteiger partial charge in [-0.3, -0.25) is 14.6 Å². The second-order valence-electron chi connectivity index (χ2n) is 7.84. The number of rotatable bonds is 3. The maximum Gasteiger partial charge on any atom is 0.327 e. The first-order valence-corrected chi connectivity index (χ1v) is 9.46. The Balaban J connectivity index is 1.43. The first-order chi connectivity index (χ1) is 12.0. The molecule has 3 saturated heterocycles. The highest BCUT2D eigenvalue weighted by Gasteiger charge is 2.58. The topological polar surface area (TPSA) is 43.9 Å². The van der Waals surface area contributed by atoms with Gasteiger partial charge in [0.05, 0.1) is 0 Å². The first kappa shape index (κ1) is 16.6. The van der Waals surface area contributed by atoms with Crippen molar-refractivity contribution >= 4 is 11.9 Å². The first-order valence-electron chi connectivity index (χ1n) is 9.46. The van der Waals surface area contributed by atoms with E-state index < -0.39 is 5.54 Å². The minimum absolute atomic E-state index is 0.0320. The average molecular weight is 341 g/mol. The fourth-order valence-corrected chi connectivity index (χ4v) is 4.76. The van der Waals surface area contributed by atoms with Gasteiger partial charge in [0.2, 0.25) is 0 Å². The molecule has 2 atom stereocenters. The standard InChI is InChI=1S/C20H27N3O2/c1-15(16-7-4-3-5-8-16)21-13-9-17(10-14-21)23-18(24)20(2)11-6-12-22(20)19(23)25/h3-5,7-8,15,17H,6,9-14H2,1-2H3. The van der Waals surface area contributed by atoms with Crippen molar-refractivity contribution < 1.29 is 9.59 Å². The van der Waals surface area contributed by atoms with Crippen LogP contribution in [0.4, 0.5) is 4.79 Å². The molecule has 5 nitrogen and oxygen atoms in total. The number of benzene rings is 1. The largest absolute Gasteiger partial charge is 0.327 e. The highest BCUT2D eigenvalue weighted by atomic mass is 16.2. The van der Waals surface area contributed by atoms with Crippen LogP contribution in [0.1, 0.15) is 51.1 Å². The predicted molar refractivity (Wildman–Crippen MR) is 96.0 cm³/mol. The molecule has 1 aromatic carbocycles. The van der Waals surface area contributed by atoms with Crippen molar-refractivity contribution in [1.29, 1.82) is 0 Å². The van der Waals surface area contributed by atoms with Gasteiger partial charge in [0, 0.05) is 31.7 Å². The zero-order chi connectivity index (χ0) is 17.6. The molecule has 0 aromatic heterocycles. The van der Waals surface area contributed by atoms with E-state index >= 15 is 0 Å². The molecular formula is C20H27N3O2. The molecule has 3 aliphatic heterocycles. The van der Waals surface area contributed by atoms with Crippen LogP contribution in [-0.2, 0) is 4.79 Å². The van der Waals surface area contributed by atoms with Crippen molar-refractivity contribution in [3.05, 3.63) is 35.9 Å². The molecule has 25 heavy (non-hydrogen) atoms. The highest BCUT2D eigenvalue weighted by molar-refractivity contribution is 6.07. The second-order valence-corrected chi connectivity index (χ2v) is 7.84. The van der Waals surface area contributed by atoms with E-state index in [4.69, 9.17) is 0 Å². The summed E-state index contributed by atoms with van der Waals surface area (Å²) in [5.74, 6) is 0.0320. The lowest BCUT2D eigenvalue weighted by Crippen LogP contribution is -2.49. The number of hydrogen-bond acceptors (Lipinski definition) is 3. The number of carbonyl (C=O) groups is 2. The molecule has 3 aliphatic rings. The molecule has 5 heteroatoms. The number of amides is 3. The van der Waals surface area contributed by atoms with Crippen LogP contribution < -0.4 is 0 Å². The Kier molecular flexibility index (Phi) is 4.07. The zero-order valence-corrected chi connectivity index (χ0v) is 15.1. The van der Waals surface area contributed by atoms with E-state index in [-0.39, 0.29) is 18.0 Å². The number of likely N-dealkylation sites (tertiary alicyclic amines) is 1. The number of nitrogens with zero attached hydrogens (tertiary/aromatic N) is 3. The van der Waals surface area contributed by atoms with Crippen LogP contribution in [0.2, 0.25) is 0 Å². The fraction of sp³-hybridized carbons (Fsp3) is 0.600. The van der Waals surface area contributed by atoms with Gasteiger partial charge in [-0.15, -0.1) is 0 Å². The number of piperidine rings is 1. The summed E-state index contributed by atoms with van der Waals surface area (Å²) in [4.78, 5) is 31.5. The fourth-order valence-electron chi connectivity index (χ4n) is 4.76. The number of fused-ring (bicyclic) bond motifs is 1. The number of carbonyl (C=O) groups excluding carboxylic acids is 2. The monoisotopic (exact) mass is 341 g/mol. The van der Waals surface area contributed by atoms with Gasteiger partial charge >= 0.3 is 6.03 Å². The van der Waals surface area contributed by atoms with E-state index in [0.717, 1.165) is 45.3 Å². The van der Waals surface area contributed by atoms with Crippen molar-refractivity contribution in [1.82, 2.24) is 14.7 Å². The maximum absolute atomic E-state index is 12.9. The zero-order valence-electron chi connectivity index (χ0n) is 15.1. The molecule has 0 aliphatic carbocycles. The highest BCUT2D eigenvalue weighted by Crippen LogP contribution is 2.39. The summed E-state index contributed by atoms with van der Waals surface area (Å²) in [6, 6.07) is 10.9. The van der Waals surface area contributed by atoms with Crippen molar-refractivity contribution in [2.75, 3.05) is 19.6 Å². The summed E-state index contributed by atoms with van der Waals surface area (Å²) in [7, 11) is 0. The summed E-state index contributed by atoms with van der Waals surface area (Å²) < 4.78 is 0. The Morgan fingerprint density at radius 1 is 1.08 bits per heavy atom. The van der Waals surface area contributed by atoms with Crippen molar-refractivity contribution in [3.8, 4) is 0 Å². The van der Waals surface area contributed by atoms with Gasteiger partial charge in [0.15, 0.2) is 0 Å². The molecule has 0 bridgehead atoms. The van der Waals surface area contributed by atoms with Crippen LogP contribution in [0.25, 0.3) is 0 Å². The lowest BCUT2D eigenvalue weighted by Gasteiger charge is -2.38. The quantitative estimate of drug-likeness (QED) is 0.794. The second kappa shape index (κ2) is 6.13. The van der Waals surface area contributed by atoms with Gasteiger partial charge in [0.1, 0.15) is 5.54 Å². The minimum Gasteiger partial charge on any atom is -0.310 e. The van der Waals surface area contributed by atoms with Gasteiger partial charge in [-0.05, 0) is 45.1 Å². The summed E-state index contributed by atoms with van der Waals surface area (Å²) >= 11 is 0. The summed E-state index contributed by atoms with van der Waals surface area (Å²) in [5.41, 5.74) is 0.744. The van der Waals surface area contributed by atoms with Gasteiger partial charge in [-0.2, -0.15) is 0 Å². The third kappa shape index (κ3) is 2.56. The van der Waals surface area contributed by atoms with E-state index in [0.29, 0.717) is 6.04 Å². The van der Waals surface area contributed by atoms with Crippen LogP contribution in [0.15, 0.2) is 30.3 Å². The molecule has 0 radical (unpaired) electrons. The predicted octanol–water partition coefficient (Wildman–Crippen LogP) is 3.03. The summed E-state index contributed by atoms with van der Waals surface area (Å²) in [6.45, 7) is 6.75. The van der Waals surface area contributed by atoms with E-state index in [1.54, 1.807) is 9.80 Å². The molecule has 1 aromatic rings. The number of urea groups is 1. The summed E-state index contributed by atoms with van der Waals surface area (Å²) in [6.07, 6.45) is 3.49. The normalized spacial score (nSPS) is 29.4. The number of imide groups is 1. The molecule has 3 fully saturated rings. The summed E-state index contributed by atoms with van der Waals surface area (Å²) in [5, 5.41) is 0. The van der Waals surface area contributed by atoms with Gasteiger partial charge in [0.25, 0.3) is 5.91 Å². The minimum atomic E-state index is -0.578. The maximum atomic E-state index is 12.9. The van der Waals surface area contributed by atoms with Crippen LogP contribution in [0.5, 0.6) is 0 Å². The molecule has 3 amide bonds. The molecule has 4 rings (SSSR count). The Bertz CT molecular complexity index is 669. The van der Waals surface area contributed by atoms with Gasteiger partial charge in [-0.1, -0.05) is 30.3 Å². The Hall–Kier alpha value is -1.88. The van der Waals surface area contributed by atoms with Crippen molar-refractivity contribution in [2.45, 2.75) is 57.2 Å². The van der Waals surface area contributed by atoms with Crippen molar-refractivity contribution in [2.24, 2.45) is 0 Å². The van der Waals surface area contributed by atoms with E-state index in [1.807, 2.05) is 13.0 Å². The van der Waals surface area contributed by atoms with Gasteiger partial charge < -0.3 is 4.90 Å². The Labute approximate surface area is 149 Å². The third-order valence-corrected chi connectivity index (χ3v) is 6.45. The molecule has 0 saturated carbocycles. The molecule has 2 unspecified atom stereocenters. The SMILES string of the molecule is CC(c1ccccc1)N1CCC(N2C(=O)N3CCCC3(C)C2=O)CC1. The van der Waals surface area contributed by atoms with Crippen LogP contribution in [-0.4, -0.2) is 57.9 Å².